The molecule has 0 saturated carbocycles. The SMILES string of the molecule is COCCNCc1c(Cl)cccc1Sc1ncco1. The maximum atomic E-state index is 6.25. The van der Waals surface area contributed by atoms with Gasteiger partial charge >= 0.3 is 0 Å². The van der Waals surface area contributed by atoms with E-state index < -0.39 is 0 Å². The summed E-state index contributed by atoms with van der Waals surface area (Å²) in [4.78, 5) is 5.15. The number of hydrogen-bond donors (Lipinski definition) is 1. The highest BCUT2D eigenvalue weighted by Gasteiger charge is 2.10. The van der Waals surface area contributed by atoms with Crippen molar-refractivity contribution in [3.8, 4) is 0 Å². The first-order valence-electron chi connectivity index (χ1n) is 5.85. The van der Waals surface area contributed by atoms with E-state index in [1.165, 1.54) is 11.8 Å². The van der Waals surface area contributed by atoms with Crippen molar-refractivity contribution in [1.82, 2.24) is 10.3 Å². The number of benzene rings is 1. The van der Waals surface area contributed by atoms with E-state index in [2.05, 4.69) is 10.3 Å². The quantitative estimate of drug-likeness (QED) is 0.795. The largest absolute Gasteiger partial charge is 0.440 e. The molecule has 4 nitrogen and oxygen atoms in total. The fraction of sp³-hybridized carbons (Fsp3) is 0.308. The zero-order valence-electron chi connectivity index (χ0n) is 10.6. The number of rotatable bonds is 7. The fourth-order valence-electron chi connectivity index (χ4n) is 1.55. The predicted octanol–water partition coefficient (Wildman–Crippen LogP) is 3.22. The molecule has 6 heteroatoms. The zero-order chi connectivity index (χ0) is 13.5. The molecule has 0 radical (unpaired) electrons. The predicted molar refractivity (Wildman–Crippen MR) is 75.7 cm³/mol. The maximum Gasteiger partial charge on any atom is 0.260 e. The molecule has 0 fully saturated rings. The summed E-state index contributed by atoms with van der Waals surface area (Å²) in [6.07, 6.45) is 3.19. The van der Waals surface area contributed by atoms with Crippen molar-refractivity contribution in [3.63, 3.8) is 0 Å². The summed E-state index contributed by atoms with van der Waals surface area (Å²) in [5, 5.41) is 4.64. The van der Waals surface area contributed by atoms with Crippen molar-refractivity contribution in [2.75, 3.05) is 20.3 Å². The van der Waals surface area contributed by atoms with E-state index in [0.717, 1.165) is 22.0 Å². The molecule has 0 atom stereocenters. The molecule has 0 spiro atoms. The van der Waals surface area contributed by atoms with Gasteiger partial charge in [0.15, 0.2) is 0 Å². The number of nitrogens with one attached hydrogen (secondary N) is 1. The standard InChI is InChI=1S/C13H15ClN2O2S/c1-17-7-5-15-9-10-11(14)3-2-4-12(10)19-13-16-6-8-18-13/h2-4,6,8,15H,5,7,9H2,1H3. The minimum atomic E-state index is 0.611. The summed E-state index contributed by atoms with van der Waals surface area (Å²) in [6.45, 7) is 2.14. The van der Waals surface area contributed by atoms with Crippen LogP contribution in [-0.2, 0) is 11.3 Å². The Kier molecular flexibility index (Phi) is 5.72. The lowest BCUT2D eigenvalue weighted by atomic mass is 10.2. The molecule has 0 aliphatic carbocycles. The van der Waals surface area contributed by atoms with Crippen LogP contribution in [0.2, 0.25) is 5.02 Å². The van der Waals surface area contributed by atoms with Gasteiger partial charge in [-0.25, -0.2) is 4.98 Å². The summed E-state index contributed by atoms with van der Waals surface area (Å²) in [5.41, 5.74) is 1.04. The Morgan fingerprint density at radius 3 is 3.11 bits per heavy atom. The van der Waals surface area contributed by atoms with E-state index in [1.807, 2.05) is 18.2 Å². The molecule has 0 bridgehead atoms. The van der Waals surface area contributed by atoms with Crippen LogP contribution in [0.4, 0.5) is 0 Å². The molecule has 0 amide bonds. The third-order valence-electron chi connectivity index (χ3n) is 2.47. The maximum absolute atomic E-state index is 6.25. The van der Waals surface area contributed by atoms with Crippen molar-refractivity contribution in [3.05, 3.63) is 41.2 Å². The number of nitrogens with zero attached hydrogens (tertiary/aromatic N) is 1. The van der Waals surface area contributed by atoms with Gasteiger partial charge in [0.25, 0.3) is 5.22 Å². The topological polar surface area (TPSA) is 47.3 Å². The number of methoxy groups -OCH3 is 1. The summed E-state index contributed by atoms with van der Waals surface area (Å²) >= 11 is 7.71. The van der Waals surface area contributed by atoms with Crippen molar-refractivity contribution in [2.45, 2.75) is 16.7 Å². The van der Waals surface area contributed by atoms with Crippen LogP contribution in [0, 0.1) is 0 Å². The van der Waals surface area contributed by atoms with Gasteiger partial charge in [-0.1, -0.05) is 17.7 Å². The van der Waals surface area contributed by atoms with Gasteiger partial charge in [0.2, 0.25) is 0 Å². The summed E-state index contributed by atoms with van der Waals surface area (Å²) in [5.74, 6) is 0. The highest BCUT2D eigenvalue weighted by molar-refractivity contribution is 7.99. The van der Waals surface area contributed by atoms with Gasteiger partial charge in [0, 0.05) is 30.1 Å². The molecule has 0 aliphatic heterocycles. The van der Waals surface area contributed by atoms with Crippen LogP contribution in [0.15, 0.2) is 45.2 Å². The van der Waals surface area contributed by atoms with Crippen LogP contribution in [0.3, 0.4) is 0 Å². The van der Waals surface area contributed by atoms with E-state index in [0.29, 0.717) is 18.4 Å². The molecule has 19 heavy (non-hydrogen) atoms. The number of aromatic nitrogens is 1. The average Bonchev–Trinajstić information content (AvgIpc) is 2.90. The average molecular weight is 299 g/mol. The Hall–Kier alpha value is -1.01. The molecule has 2 aromatic rings. The van der Waals surface area contributed by atoms with Crippen molar-refractivity contribution >= 4 is 23.4 Å². The highest BCUT2D eigenvalue weighted by atomic mass is 35.5. The highest BCUT2D eigenvalue weighted by Crippen LogP contribution is 2.32. The number of halogens is 1. The lowest BCUT2D eigenvalue weighted by Gasteiger charge is -2.10. The first-order chi connectivity index (χ1) is 9.31. The van der Waals surface area contributed by atoms with Gasteiger partial charge < -0.3 is 14.5 Å². The van der Waals surface area contributed by atoms with E-state index in [1.54, 1.807) is 19.6 Å². The van der Waals surface area contributed by atoms with Crippen LogP contribution in [0.25, 0.3) is 0 Å². The van der Waals surface area contributed by atoms with Crippen molar-refractivity contribution in [1.29, 1.82) is 0 Å². The second-order valence-electron chi connectivity index (χ2n) is 3.79. The van der Waals surface area contributed by atoms with E-state index in [-0.39, 0.29) is 0 Å². The van der Waals surface area contributed by atoms with Crippen molar-refractivity contribution in [2.24, 2.45) is 0 Å². The van der Waals surface area contributed by atoms with Gasteiger partial charge in [-0.3, -0.25) is 0 Å². The van der Waals surface area contributed by atoms with Gasteiger partial charge in [-0.15, -0.1) is 0 Å². The molecule has 102 valence electrons. The first kappa shape index (κ1) is 14.4. The molecule has 1 N–H and O–H groups in total. The summed E-state index contributed by atoms with van der Waals surface area (Å²) in [6, 6.07) is 5.81. The monoisotopic (exact) mass is 298 g/mol. The molecule has 2 rings (SSSR count). The lowest BCUT2D eigenvalue weighted by Crippen LogP contribution is -2.19. The third-order valence-corrected chi connectivity index (χ3v) is 3.80. The molecule has 0 unspecified atom stereocenters. The Bertz CT molecular complexity index is 505. The molecular formula is C13H15ClN2O2S. The molecule has 0 aliphatic rings. The van der Waals surface area contributed by atoms with Gasteiger partial charge in [0.1, 0.15) is 6.26 Å². The summed E-state index contributed by atoms with van der Waals surface area (Å²) in [7, 11) is 1.68. The molecular weight excluding hydrogens is 284 g/mol. The minimum Gasteiger partial charge on any atom is -0.440 e. The third kappa shape index (κ3) is 4.24. The van der Waals surface area contributed by atoms with Crippen LogP contribution in [-0.4, -0.2) is 25.2 Å². The zero-order valence-corrected chi connectivity index (χ0v) is 12.1. The first-order valence-corrected chi connectivity index (χ1v) is 7.05. The smallest absolute Gasteiger partial charge is 0.260 e. The number of hydrogen-bond acceptors (Lipinski definition) is 5. The Balaban J connectivity index is 2.07. The fourth-order valence-corrected chi connectivity index (χ4v) is 2.70. The minimum absolute atomic E-state index is 0.611. The second-order valence-corrected chi connectivity index (χ2v) is 5.19. The lowest BCUT2D eigenvalue weighted by molar-refractivity contribution is 0.199. The molecule has 0 saturated heterocycles. The van der Waals surface area contributed by atoms with E-state index in [9.17, 15) is 0 Å². The van der Waals surface area contributed by atoms with Crippen LogP contribution in [0.1, 0.15) is 5.56 Å². The number of oxazole rings is 1. The Morgan fingerprint density at radius 1 is 1.47 bits per heavy atom. The van der Waals surface area contributed by atoms with Crippen LogP contribution in [0.5, 0.6) is 0 Å². The Labute approximate surface area is 121 Å². The molecule has 1 aromatic heterocycles. The number of ether oxygens (including phenoxy) is 1. The van der Waals surface area contributed by atoms with Crippen LogP contribution >= 0.6 is 23.4 Å². The summed E-state index contributed by atoms with van der Waals surface area (Å²) < 4.78 is 10.2. The molecule has 1 aromatic carbocycles. The van der Waals surface area contributed by atoms with Crippen LogP contribution < -0.4 is 5.32 Å². The Morgan fingerprint density at radius 2 is 2.37 bits per heavy atom. The van der Waals surface area contributed by atoms with Gasteiger partial charge in [0.05, 0.1) is 12.8 Å². The van der Waals surface area contributed by atoms with Gasteiger partial charge in [-0.2, -0.15) is 0 Å². The normalized spacial score (nSPS) is 10.8. The van der Waals surface area contributed by atoms with Gasteiger partial charge in [-0.05, 0) is 29.5 Å². The van der Waals surface area contributed by atoms with E-state index in [4.69, 9.17) is 20.8 Å². The van der Waals surface area contributed by atoms with Crippen molar-refractivity contribution < 1.29 is 9.15 Å². The second kappa shape index (κ2) is 7.55. The van der Waals surface area contributed by atoms with E-state index >= 15 is 0 Å². The molecule has 1 heterocycles.